The minimum Gasteiger partial charge on any atom is -0.350 e. The summed E-state index contributed by atoms with van der Waals surface area (Å²) >= 11 is 11.9. The number of azo groups is 1. The van der Waals surface area contributed by atoms with Crippen LogP contribution in [-0.2, 0) is 0 Å². The van der Waals surface area contributed by atoms with E-state index in [0.29, 0.717) is 21.4 Å². The molecule has 0 atom stereocenters. The van der Waals surface area contributed by atoms with E-state index in [-0.39, 0.29) is 0 Å². The molecule has 3 aromatic carbocycles. The second-order valence-electron chi connectivity index (χ2n) is 5.89. The summed E-state index contributed by atoms with van der Waals surface area (Å²) in [6.45, 7) is 0. The van der Waals surface area contributed by atoms with Gasteiger partial charge in [0.25, 0.3) is 0 Å². The lowest BCUT2D eigenvalue weighted by atomic mass is 10.0. The van der Waals surface area contributed by atoms with Crippen molar-refractivity contribution in [3.8, 4) is 11.1 Å². The third-order valence-corrected chi connectivity index (χ3v) is 4.88. The molecular formula is C21H13Cl2N3O. The summed E-state index contributed by atoms with van der Waals surface area (Å²) in [5.74, 6) is -0.462. The van der Waals surface area contributed by atoms with Gasteiger partial charge in [0.2, 0.25) is 0 Å². The first-order valence-electron chi connectivity index (χ1n) is 8.21. The standard InChI is InChI=1S/C21H13Cl2N3O/c22-16-11-10-14(12-17(16)23)25-26-21(27)20-19(13-6-2-1-3-7-13)15-8-4-5-9-18(15)24-20/h1-12,24H. The minimum absolute atomic E-state index is 0.358. The molecule has 0 spiro atoms. The zero-order valence-electron chi connectivity index (χ0n) is 14.0. The van der Waals surface area contributed by atoms with E-state index < -0.39 is 5.91 Å². The number of carbonyl (C=O) groups excluding carboxylic acids is 1. The maximum Gasteiger partial charge on any atom is 0.312 e. The highest BCUT2D eigenvalue weighted by molar-refractivity contribution is 6.42. The summed E-state index contributed by atoms with van der Waals surface area (Å²) in [4.78, 5) is 16.0. The summed E-state index contributed by atoms with van der Waals surface area (Å²) in [6.07, 6.45) is 0. The number of aromatic amines is 1. The van der Waals surface area contributed by atoms with E-state index in [2.05, 4.69) is 15.2 Å². The predicted octanol–water partition coefficient (Wildman–Crippen LogP) is 7.07. The molecule has 1 N–H and O–H groups in total. The Morgan fingerprint density at radius 3 is 2.37 bits per heavy atom. The van der Waals surface area contributed by atoms with E-state index in [1.165, 1.54) is 0 Å². The number of fused-ring (bicyclic) bond motifs is 1. The summed E-state index contributed by atoms with van der Waals surface area (Å²) in [7, 11) is 0. The fourth-order valence-corrected chi connectivity index (χ4v) is 3.20. The van der Waals surface area contributed by atoms with Crippen molar-refractivity contribution < 1.29 is 4.79 Å². The Morgan fingerprint density at radius 2 is 1.59 bits per heavy atom. The molecular weight excluding hydrogens is 381 g/mol. The smallest absolute Gasteiger partial charge is 0.312 e. The second-order valence-corrected chi connectivity index (χ2v) is 6.70. The van der Waals surface area contributed by atoms with Gasteiger partial charge in [0.05, 0.1) is 15.7 Å². The number of hydrogen-bond donors (Lipinski definition) is 1. The number of H-pyrrole nitrogens is 1. The van der Waals surface area contributed by atoms with Crippen LogP contribution >= 0.6 is 23.2 Å². The van der Waals surface area contributed by atoms with Crippen LogP contribution in [-0.4, -0.2) is 10.9 Å². The van der Waals surface area contributed by atoms with E-state index in [9.17, 15) is 4.79 Å². The molecule has 0 aliphatic heterocycles. The number of nitrogens with zero attached hydrogens (tertiary/aromatic N) is 2. The number of para-hydroxylation sites is 1. The fraction of sp³-hybridized carbons (Fsp3) is 0. The van der Waals surface area contributed by atoms with Crippen LogP contribution in [0.1, 0.15) is 10.5 Å². The second kappa shape index (κ2) is 7.35. The number of amides is 1. The van der Waals surface area contributed by atoms with Crippen LogP contribution in [0.25, 0.3) is 22.0 Å². The number of rotatable bonds is 3. The van der Waals surface area contributed by atoms with Gasteiger partial charge in [-0.2, -0.15) is 0 Å². The Labute approximate surface area is 165 Å². The van der Waals surface area contributed by atoms with E-state index >= 15 is 0 Å². The topological polar surface area (TPSA) is 57.6 Å². The Morgan fingerprint density at radius 1 is 0.852 bits per heavy atom. The number of carbonyl (C=O) groups is 1. The van der Waals surface area contributed by atoms with Crippen LogP contribution in [0.2, 0.25) is 10.0 Å². The van der Waals surface area contributed by atoms with Gasteiger partial charge in [-0.1, -0.05) is 71.7 Å². The number of hydrogen-bond acceptors (Lipinski definition) is 2. The van der Waals surface area contributed by atoms with Gasteiger partial charge in [-0.3, -0.25) is 4.79 Å². The Kier molecular flexibility index (Phi) is 4.75. The van der Waals surface area contributed by atoms with Crippen LogP contribution in [0.4, 0.5) is 5.69 Å². The molecule has 1 heterocycles. The normalized spacial score (nSPS) is 11.3. The minimum atomic E-state index is -0.462. The number of aromatic nitrogens is 1. The van der Waals surface area contributed by atoms with Crippen molar-refractivity contribution in [1.82, 2.24) is 4.98 Å². The average Bonchev–Trinajstić information content (AvgIpc) is 3.09. The van der Waals surface area contributed by atoms with Gasteiger partial charge in [-0.05, 0) is 29.8 Å². The monoisotopic (exact) mass is 393 g/mol. The van der Waals surface area contributed by atoms with E-state index in [1.54, 1.807) is 18.2 Å². The molecule has 27 heavy (non-hydrogen) atoms. The highest BCUT2D eigenvalue weighted by atomic mass is 35.5. The largest absolute Gasteiger partial charge is 0.350 e. The van der Waals surface area contributed by atoms with Gasteiger partial charge in [0.15, 0.2) is 0 Å². The molecule has 0 fully saturated rings. The Bertz CT molecular complexity index is 1170. The lowest BCUT2D eigenvalue weighted by molar-refractivity contribution is 0.0991. The summed E-state index contributed by atoms with van der Waals surface area (Å²) < 4.78 is 0. The van der Waals surface area contributed by atoms with Crippen LogP contribution in [0.3, 0.4) is 0 Å². The van der Waals surface area contributed by atoms with Crippen molar-refractivity contribution in [2.24, 2.45) is 10.2 Å². The van der Waals surface area contributed by atoms with Gasteiger partial charge in [-0.25, -0.2) is 0 Å². The molecule has 0 saturated carbocycles. The van der Waals surface area contributed by atoms with Gasteiger partial charge in [0, 0.05) is 16.5 Å². The molecule has 0 saturated heterocycles. The summed E-state index contributed by atoms with van der Waals surface area (Å²) in [5, 5.41) is 9.60. The molecule has 0 aliphatic rings. The average molecular weight is 394 g/mol. The van der Waals surface area contributed by atoms with Crippen molar-refractivity contribution in [3.63, 3.8) is 0 Å². The Hall–Kier alpha value is -2.95. The molecule has 4 nitrogen and oxygen atoms in total. The lowest BCUT2D eigenvalue weighted by Crippen LogP contribution is -1.97. The first kappa shape index (κ1) is 17.5. The first-order chi connectivity index (χ1) is 13.1. The third kappa shape index (κ3) is 3.50. The summed E-state index contributed by atoms with van der Waals surface area (Å²) in [6, 6.07) is 22.3. The van der Waals surface area contributed by atoms with Crippen molar-refractivity contribution in [1.29, 1.82) is 0 Å². The maximum atomic E-state index is 12.8. The number of nitrogens with one attached hydrogen (secondary N) is 1. The van der Waals surface area contributed by atoms with Crippen molar-refractivity contribution in [2.75, 3.05) is 0 Å². The molecule has 0 unspecified atom stereocenters. The Balaban J connectivity index is 1.77. The zero-order chi connectivity index (χ0) is 18.8. The SMILES string of the molecule is O=C(N=Nc1ccc(Cl)c(Cl)c1)c1[nH]c2ccccc2c1-c1ccccc1. The van der Waals surface area contributed by atoms with Crippen LogP contribution in [0.15, 0.2) is 83.0 Å². The highest BCUT2D eigenvalue weighted by Gasteiger charge is 2.18. The molecule has 6 heteroatoms. The third-order valence-electron chi connectivity index (χ3n) is 4.14. The van der Waals surface area contributed by atoms with Gasteiger partial charge in [-0.15, -0.1) is 10.2 Å². The van der Waals surface area contributed by atoms with E-state index in [1.807, 2.05) is 54.6 Å². The van der Waals surface area contributed by atoms with E-state index in [4.69, 9.17) is 23.2 Å². The predicted molar refractivity (Wildman–Crippen MR) is 109 cm³/mol. The van der Waals surface area contributed by atoms with Crippen molar-refractivity contribution >= 4 is 45.7 Å². The lowest BCUT2D eigenvalue weighted by Gasteiger charge is -2.02. The molecule has 1 amide bonds. The fourth-order valence-electron chi connectivity index (χ4n) is 2.91. The number of halogens is 2. The quantitative estimate of drug-likeness (QED) is 0.371. The number of benzene rings is 3. The van der Waals surface area contributed by atoms with Crippen LogP contribution in [0.5, 0.6) is 0 Å². The maximum absolute atomic E-state index is 12.8. The zero-order valence-corrected chi connectivity index (χ0v) is 15.5. The molecule has 132 valence electrons. The first-order valence-corrected chi connectivity index (χ1v) is 8.96. The van der Waals surface area contributed by atoms with E-state index in [0.717, 1.165) is 22.0 Å². The van der Waals surface area contributed by atoms with Gasteiger partial charge >= 0.3 is 5.91 Å². The molecule has 4 rings (SSSR count). The van der Waals surface area contributed by atoms with Crippen molar-refractivity contribution in [2.45, 2.75) is 0 Å². The molecule has 1 aromatic heterocycles. The van der Waals surface area contributed by atoms with Crippen molar-refractivity contribution in [3.05, 3.63) is 88.5 Å². The van der Waals surface area contributed by atoms with Gasteiger partial charge < -0.3 is 4.98 Å². The molecule has 0 radical (unpaired) electrons. The highest BCUT2D eigenvalue weighted by Crippen LogP contribution is 2.33. The molecule has 0 aliphatic carbocycles. The van der Waals surface area contributed by atoms with Crippen LogP contribution in [0, 0.1) is 0 Å². The molecule has 4 aromatic rings. The molecule has 0 bridgehead atoms. The van der Waals surface area contributed by atoms with Crippen LogP contribution < -0.4 is 0 Å². The summed E-state index contributed by atoms with van der Waals surface area (Å²) in [5.41, 5.74) is 3.46. The van der Waals surface area contributed by atoms with Gasteiger partial charge in [0.1, 0.15) is 5.69 Å².